The van der Waals surface area contributed by atoms with Crippen LogP contribution in [0.15, 0.2) is 34.9 Å². The molecule has 5 nitrogen and oxygen atoms in total. The number of anilines is 1. The molecule has 0 unspecified atom stereocenters. The highest BCUT2D eigenvalue weighted by Crippen LogP contribution is 2.28. The molecule has 1 atom stereocenters. The minimum Gasteiger partial charge on any atom is -0.366 e. The molecule has 1 N–H and O–H groups in total. The van der Waals surface area contributed by atoms with Crippen LogP contribution in [-0.2, 0) is 6.42 Å². The second-order valence-electron chi connectivity index (χ2n) is 5.46. The number of fused-ring (bicyclic) bond motifs is 1. The second kappa shape index (κ2) is 5.60. The van der Waals surface area contributed by atoms with E-state index >= 15 is 0 Å². The van der Waals surface area contributed by atoms with Gasteiger partial charge in [-0.1, -0.05) is 23.4 Å². The summed E-state index contributed by atoms with van der Waals surface area (Å²) >= 11 is 0. The average molecular weight is 285 g/mol. The molecule has 1 aromatic carbocycles. The molecular formula is C16H19N3O2. The molecule has 0 fully saturated rings. The van der Waals surface area contributed by atoms with E-state index in [1.54, 1.807) is 13.0 Å². The number of carbonyl (C=O) groups excluding carboxylic acids is 1. The van der Waals surface area contributed by atoms with Crippen molar-refractivity contribution in [2.24, 2.45) is 0 Å². The van der Waals surface area contributed by atoms with Gasteiger partial charge < -0.3 is 14.7 Å². The lowest BCUT2D eigenvalue weighted by Gasteiger charge is -2.27. The molecule has 0 spiro atoms. The Morgan fingerprint density at radius 2 is 2.29 bits per heavy atom. The number of nitrogens with zero attached hydrogens (tertiary/aromatic N) is 2. The smallest absolute Gasteiger partial charge is 0.289 e. The summed E-state index contributed by atoms with van der Waals surface area (Å²) in [5.41, 5.74) is 3.36. The van der Waals surface area contributed by atoms with Crippen LogP contribution in [0.4, 0.5) is 5.69 Å². The summed E-state index contributed by atoms with van der Waals surface area (Å²) in [5, 5.41) is 6.63. The number of carbonyl (C=O) groups is 1. The zero-order valence-corrected chi connectivity index (χ0v) is 12.3. The summed E-state index contributed by atoms with van der Waals surface area (Å²) in [5.74, 6) is 0.0523. The number of hydrogen-bond acceptors (Lipinski definition) is 4. The summed E-state index contributed by atoms with van der Waals surface area (Å²) < 4.78 is 4.96. The lowest BCUT2D eigenvalue weighted by atomic mass is 10.2. The first-order chi connectivity index (χ1) is 10.1. The Morgan fingerprint density at radius 3 is 3.05 bits per heavy atom. The van der Waals surface area contributed by atoms with Crippen molar-refractivity contribution >= 4 is 11.6 Å². The number of aryl methyl sites for hydroxylation is 1. The third kappa shape index (κ3) is 2.77. The van der Waals surface area contributed by atoms with E-state index in [0.29, 0.717) is 12.2 Å². The Balaban J connectivity index is 1.60. The fourth-order valence-electron chi connectivity index (χ4n) is 2.73. The van der Waals surface area contributed by atoms with E-state index in [0.717, 1.165) is 13.0 Å². The molecule has 2 heterocycles. The second-order valence-corrected chi connectivity index (χ2v) is 5.46. The van der Waals surface area contributed by atoms with Gasteiger partial charge in [-0.2, -0.15) is 0 Å². The molecule has 110 valence electrons. The number of amides is 1. The van der Waals surface area contributed by atoms with Gasteiger partial charge in [-0.25, -0.2) is 0 Å². The van der Waals surface area contributed by atoms with Crippen molar-refractivity contribution in [1.82, 2.24) is 10.5 Å². The molecule has 0 saturated carbocycles. The minimum atomic E-state index is -0.213. The van der Waals surface area contributed by atoms with Crippen molar-refractivity contribution in [2.45, 2.75) is 26.3 Å². The van der Waals surface area contributed by atoms with Gasteiger partial charge in [0.05, 0.1) is 5.69 Å². The third-order valence-electron chi connectivity index (χ3n) is 3.86. The third-order valence-corrected chi connectivity index (χ3v) is 3.86. The van der Waals surface area contributed by atoms with E-state index in [-0.39, 0.29) is 17.7 Å². The number of aromatic nitrogens is 1. The first-order valence-electron chi connectivity index (χ1n) is 7.21. The molecule has 0 aliphatic carbocycles. The molecule has 0 saturated heterocycles. The Bertz CT molecular complexity index is 650. The van der Waals surface area contributed by atoms with E-state index < -0.39 is 0 Å². The number of rotatable bonds is 4. The standard InChI is InChI=1S/C16H19N3O2/c1-11-9-15(21-18-11)16(20)17-10-12(2)19-8-7-13-5-3-4-6-14(13)19/h3-6,9,12H,7-8,10H2,1-2H3,(H,17,20)/t12-/m1/s1. The maximum absolute atomic E-state index is 12.0. The van der Waals surface area contributed by atoms with E-state index in [4.69, 9.17) is 4.52 Å². The monoisotopic (exact) mass is 285 g/mol. The van der Waals surface area contributed by atoms with Crippen LogP contribution in [0.3, 0.4) is 0 Å². The van der Waals surface area contributed by atoms with Crippen molar-refractivity contribution in [1.29, 1.82) is 0 Å². The molecule has 1 amide bonds. The normalized spacial score (nSPS) is 14.9. The molecular weight excluding hydrogens is 266 g/mol. The number of benzene rings is 1. The molecule has 2 aromatic rings. The van der Waals surface area contributed by atoms with Crippen molar-refractivity contribution in [2.75, 3.05) is 18.0 Å². The number of nitrogens with one attached hydrogen (secondary N) is 1. The van der Waals surface area contributed by atoms with Crippen molar-refractivity contribution in [3.8, 4) is 0 Å². The van der Waals surface area contributed by atoms with Gasteiger partial charge in [0, 0.05) is 30.9 Å². The number of para-hydroxylation sites is 1. The van der Waals surface area contributed by atoms with Crippen LogP contribution >= 0.6 is 0 Å². The Morgan fingerprint density at radius 1 is 1.48 bits per heavy atom. The summed E-state index contributed by atoms with van der Waals surface area (Å²) in [6.45, 7) is 5.49. The lowest BCUT2D eigenvalue weighted by molar-refractivity contribution is 0.0914. The van der Waals surface area contributed by atoms with Crippen LogP contribution in [0.5, 0.6) is 0 Å². The molecule has 0 bridgehead atoms. The van der Waals surface area contributed by atoms with Crippen molar-refractivity contribution in [3.05, 3.63) is 47.3 Å². The Labute approximate surface area is 123 Å². The van der Waals surface area contributed by atoms with Gasteiger partial charge in [0.25, 0.3) is 5.91 Å². The van der Waals surface area contributed by atoms with E-state index in [1.165, 1.54) is 11.3 Å². The topological polar surface area (TPSA) is 58.4 Å². The van der Waals surface area contributed by atoms with Gasteiger partial charge in [0.1, 0.15) is 0 Å². The summed E-state index contributed by atoms with van der Waals surface area (Å²) in [7, 11) is 0. The average Bonchev–Trinajstić information content (AvgIpc) is 3.10. The first kappa shape index (κ1) is 13.7. The van der Waals surface area contributed by atoms with E-state index in [2.05, 4.69) is 46.6 Å². The quantitative estimate of drug-likeness (QED) is 0.935. The molecule has 0 radical (unpaired) electrons. The summed E-state index contributed by atoms with van der Waals surface area (Å²) in [6, 6.07) is 10.3. The van der Waals surface area contributed by atoms with Crippen LogP contribution < -0.4 is 10.2 Å². The highest BCUT2D eigenvalue weighted by molar-refractivity contribution is 5.91. The predicted molar refractivity (Wildman–Crippen MR) is 80.5 cm³/mol. The van der Waals surface area contributed by atoms with Crippen LogP contribution in [0.2, 0.25) is 0 Å². The maximum atomic E-state index is 12.0. The molecule has 5 heteroatoms. The zero-order valence-electron chi connectivity index (χ0n) is 12.3. The Hall–Kier alpha value is -2.30. The zero-order chi connectivity index (χ0) is 14.8. The molecule has 1 aromatic heterocycles. The minimum absolute atomic E-state index is 0.213. The first-order valence-corrected chi connectivity index (χ1v) is 7.21. The van der Waals surface area contributed by atoms with Crippen molar-refractivity contribution in [3.63, 3.8) is 0 Å². The number of hydrogen-bond donors (Lipinski definition) is 1. The van der Waals surface area contributed by atoms with E-state index in [1.807, 2.05) is 0 Å². The molecule has 1 aliphatic heterocycles. The van der Waals surface area contributed by atoms with Crippen LogP contribution in [0.1, 0.15) is 28.7 Å². The Kier molecular flexibility index (Phi) is 3.64. The SMILES string of the molecule is Cc1cc(C(=O)NC[C@@H](C)N2CCc3ccccc32)on1. The largest absolute Gasteiger partial charge is 0.366 e. The lowest BCUT2D eigenvalue weighted by Crippen LogP contribution is -2.41. The van der Waals surface area contributed by atoms with Crippen LogP contribution in [-0.4, -0.2) is 30.2 Å². The maximum Gasteiger partial charge on any atom is 0.289 e. The fourth-order valence-corrected chi connectivity index (χ4v) is 2.73. The van der Waals surface area contributed by atoms with Gasteiger partial charge in [-0.15, -0.1) is 0 Å². The highest BCUT2D eigenvalue weighted by Gasteiger charge is 2.23. The van der Waals surface area contributed by atoms with Crippen LogP contribution in [0.25, 0.3) is 0 Å². The van der Waals surface area contributed by atoms with Crippen molar-refractivity contribution < 1.29 is 9.32 Å². The van der Waals surface area contributed by atoms with Gasteiger partial charge in [0.15, 0.2) is 0 Å². The van der Waals surface area contributed by atoms with E-state index in [9.17, 15) is 4.79 Å². The molecule has 3 rings (SSSR count). The van der Waals surface area contributed by atoms with Gasteiger partial charge in [-0.05, 0) is 31.9 Å². The van der Waals surface area contributed by atoms with Gasteiger partial charge in [0.2, 0.25) is 5.76 Å². The van der Waals surface area contributed by atoms with Gasteiger partial charge in [-0.3, -0.25) is 4.79 Å². The van der Waals surface area contributed by atoms with Crippen LogP contribution in [0, 0.1) is 6.92 Å². The molecule has 21 heavy (non-hydrogen) atoms. The summed E-state index contributed by atoms with van der Waals surface area (Å²) in [6.07, 6.45) is 1.07. The molecule has 1 aliphatic rings. The van der Waals surface area contributed by atoms with Gasteiger partial charge >= 0.3 is 0 Å². The predicted octanol–water partition coefficient (Wildman–Crippen LogP) is 2.16. The highest BCUT2D eigenvalue weighted by atomic mass is 16.5. The fraction of sp³-hybridized carbons (Fsp3) is 0.375. The summed E-state index contributed by atoms with van der Waals surface area (Å²) in [4.78, 5) is 14.3.